The Labute approximate surface area is 115 Å². The quantitative estimate of drug-likeness (QED) is 0.534. The molecule has 0 aliphatic carbocycles. The zero-order valence-electron chi connectivity index (χ0n) is 11.9. The fourth-order valence-corrected chi connectivity index (χ4v) is 2.81. The lowest BCUT2D eigenvalue weighted by Crippen LogP contribution is -2.51. The van der Waals surface area contributed by atoms with E-state index in [-0.39, 0.29) is 11.4 Å². The number of likely N-dealkylation sites (N-methyl/N-ethyl adjacent to an activating group) is 1. The van der Waals surface area contributed by atoms with Crippen molar-refractivity contribution in [3.8, 4) is 0 Å². The van der Waals surface area contributed by atoms with Gasteiger partial charge >= 0.3 is 5.97 Å². The summed E-state index contributed by atoms with van der Waals surface area (Å²) in [6.07, 6.45) is 1.74. The number of carboxylic acid groups (broad SMARTS) is 1. The molecule has 0 saturated heterocycles. The summed E-state index contributed by atoms with van der Waals surface area (Å²) < 4.78 is 0. The molecule has 0 spiro atoms. The van der Waals surface area contributed by atoms with Crippen molar-refractivity contribution in [1.29, 1.82) is 0 Å². The van der Waals surface area contributed by atoms with Crippen LogP contribution in [0, 0.1) is 0 Å². The summed E-state index contributed by atoms with van der Waals surface area (Å²) in [7, 11) is 0. The number of aliphatic hydroxyl groups is 1. The standard InChI is InChI=1S/C13H27NO3S/c1-5-13(12(16)17,14-6-2)8-7-9-18-11(4)10(3)15/h10-11,14-15H,5-9H2,1-4H3,(H,16,17). The third kappa shape index (κ3) is 5.59. The summed E-state index contributed by atoms with van der Waals surface area (Å²) in [4.78, 5) is 11.4. The molecule has 0 fully saturated rings. The van der Waals surface area contributed by atoms with Crippen LogP contribution in [0.5, 0.6) is 0 Å². The molecule has 0 saturated carbocycles. The maximum absolute atomic E-state index is 11.4. The van der Waals surface area contributed by atoms with E-state index in [0.29, 0.717) is 19.4 Å². The van der Waals surface area contributed by atoms with E-state index in [1.54, 1.807) is 18.7 Å². The number of carboxylic acids is 1. The summed E-state index contributed by atoms with van der Waals surface area (Å²) in [5.41, 5.74) is -0.788. The Kier molecular flexibility index (Phi) is 8.65. The average Bonchev–Trinajstić information content (AvgIpc) is 2.32. The topological polar surface area (TPSA) is 69.6 Å². The Morgan fingerprint density at radius 1 is 1.39 bits per heavy atom. The average molecular weight is 277 g/mol. The number of rotatable bonds is 10. The SMILES string of the molecule is CCNC(CC)(CCCSC(C)C(C)O)C(=O)O. The van der Waals surface area contributed by atoms with Crippen molar-refractivity contribution in [1.82, 2.24) is 5.32 Å². The Hall–Kier alpha value is -0.260. The van der Waals surface area contributed by atoms with Gasteiger partial charge in [-0.15, -0.1) is 0 Å². The van der Waals surface area contributed by atoms with Crippen LogP contribution in [0.4, 0.5) is 0 Å². The number of nitrogens with one attached hydrogen (secondary N) is 1. The fourth-order valence-electron chi connectivity index (χ4n) is 1.84. The molecule has 0 rings (SSSR count). The van der Waals surface area contributed by atoms with Crippen LogP contribution in [-0.2, 0) is 4.79 Å². The van der Waals surface area contributed by atoms with Crippen LogP contribution >= 0.6 is 11.8 Å². The summed E-state index contributed by atoms with van der Waals surface area (Å²) in [6, 6.07) is 0. The van der Waals surface area contributed by atoms with Crippen molar-refractivity contribution >= 4 is 17.7 Å². The third-order valence-corrected chi connectivity index (χ3v) is 4.78. The highest BCUT2D eigenvalue weighted by Gasteiger charge is 2.34. The first-order chi connectivity index (χ1) is 8.39. The fraction of sp³-hybridized carbons (Fsp3) is 0.923. The van der Waals surface area contributed by atoms with E-state index >= 15 is 0 Å². The van der Waals surface area contributed by atoms with Crippen LogP contribution in [0.25, 0.3) is 0 Å². The lowest BCUT2D eigenvalue weighted by atomic mass is 9.91. The van der Waals surface area contributed by atoms with Gasteiger partial charge in [0.05, 0.1) is 6.10 Å². The van der Waals surface area contributed by atoms with E-state index < -0.39 is 11.5 Å². The second kappa shape index (κ2) is 8.77. The third-order valence-electron chi connectivity index (χ3n) is 3.34. The summed E-state index contributed by atoms with van der Waals surface area (Å²) in [5, 5.41) is 22.0. The number of carbonyl (C=O) groups is 1. The van der Waals surface area contributed by atoms with Crippen LogP contribution in [-0.4, -0.2) is 45.4 Å². The van der Waals surface area contributed by atoms with Gasteiger partial charge in [0.1, 0.15) is 5.54 Å². The molecule has 0 radical (unpaired) electrons. The summed E-state index contributed by atoms with van der Waals surface area (Å²) in [6.45, 7) is 8.27. The molecular formula is C13H27NO3S. The van der Waals surface area contributed by atoms with Crippen molar-refractivity contribution in [2.45, 2.75) is 63.9 Å². The molecule has 0 aromatic rings. The zero-order valence-corrected chi connectivity index (χ0v) is 12.7. The predicted molar refractivity (Wildman–Crippen MR) is 77.2 cm³/mol. The van der Waals surface area contributed by atoms with Gasteiger partial charge in [0.2, 0.25) is 0 Å². The molecule has 108 valence electrons. The summed E-state index contributed by atoms with van der Waals surface area (Å²) in [5.74, 6) is 0.118. The molecule has 4 nitrogen and oxygen atoms in total. The minimum atomic E-state index is -0.788. The maximum atomic E-state index is 11.4. The molecule has 3 N–H and O–H groups in total. The van der Waals surface area contributed by atoms with E-state index in [1.807, 2.05) is 20.8 Å². The largest absolute Gasteiger partial charge is 0.480 e. The van der Waals surface area contributed by atoms with Gasteiger partial charge in [-0.25, -0.2) is 0 Å². The number of hydrogen-bond acceptors (Lipinski definition) is 4. The van der Waals surface area contributed by atoms with Gasteiger partial charge in [0, 0.05) is 5.25 Å². The first-order valence-corrected chi connectivity index (χ1v) is 7.72. The second-order valence-electron chi connectivity index (χ2n) is 4.69. The molecule has 0 aromatic heterocycles. The first-order valence-electron chi connectivity index (χ1n) is 6.67. The van der Waals surface area contributed by atoms with Gasteiger partial charge in [-0.3, -0.25) is 4.79 Å². The molecule has 5 heteroatoms. The van der Waals surface area contributed by atoms with Gasteiger partial charge in [-0.1, -0.05) is 20.8 Å². The van der Waals surface area contributed by atoms with Crippen LogP contribution in [0.15, 0.2) is 0 Å². The van der Waals surface area contributed by atoms with Crippen molar-refractivity contribution in [3.05, 3.63) is 0 Å². The Morgan fingerprint density at radius 3 is 2.39 bits per heavy atom. The van der Waals surface area contributed by atoms with E-state index in [0.717, 1.165) is 12.2 Å². The first kappa shape index (κ1) is 17.7. The van der Waals surface area contributed by atoms with Crippen LogP contribution in [0.1, 0.15) is 47.0 Å². The zero-order chi connectivity index (χ0) is 14.2. The smallest absolute Gasteiger partial charge is 0.323 e. The van der Waals surface area contributed by atoms with E-state index in [4.69, 9.17) is 0 Å². The monoisotopic (exact) mass is 277 g/mol. The number of hydrogen-bond donors (Lipinski definition) is 3. The van der Waals surface area contributed by atoms with E-state index in [2.05, 4.69) is 5.32 Å². The van der Waals surface area contributed by atoms with Crippen molar-refractivity contribution < 1.29 is 15.0 Å². The Morgan fingerprint density at radius 2 is 2.00 bits per heavy atom. The van der Waals surface area contributed by atoms with E-state index in [1.165, 1.54) is 0 Å². The van der Waals surface area contributed by atoms with Crippen LogP contribution in [0.2, 0.25) is 0 Å². The molecule has 0 aliphatic rings. The van der Waals surface area contributed by atoms with Gasteiger partial charge in [-0.2, -0.15) is 11.8 Å². The molecular weight excluding hydrogens is 250 g/mol. The van der Waals surface area contributed by atoms with Gasteiger partial charge in [-0.05, 0) is 38.5 Å². The molecule has 0 heterocycles. The predicted octanol–water partition coefficient (Wildman–Crippen LogP) is 2.11. The number of thioether (sulfide) groups is 1. The van der Waals surface area contributed by atoms with Crippen LogP contribution < -0.4 is 5.32 Å². The lowest BCUT2D eigenvalue weighted by molar-refractivity contribution is -0.145. The normalized spacial score (nSPS) is 18.1. The molecule has 0 aliphatic heterocycles. The van der Waals surface area contributed by atoms with Gasteiger partial charge in [0.15, 0.2) is 0 Å². The van der Waals surface area contributed by atoms with Crippen molar-refractivity contribution in [3.63, 3.8) is 0 Å². The molecule has 0 amide bonds. The minimum Gasteiger partial charge on any atom is -0.480 e. The highest BCUT2D eigenvalue weighted by molar-refractivity contribution is 7.99. The lowest BCUT2D eigenvalue weighted by Gasteiger charge is -2.29. The highest BCUT2D eigenvalue weighted by atomic mass is 32.2. The molecule has 0 aromatic carbocycles. The number of aliphatic hydroxyl groups excluding tert-OH is 1. The number of aliphatic carboxylic acids is 1. The Bertz CT molecular complexity index is 248. The molecule has 18 heavy (non-hydrogen) atoms. The summed E-state index contributed by atoms with van der Waals surface area (Å²) >= 11 is 1.69. The molecule has 0 bridgehead atoms. The molecule has 3 unspecified atom stereocenters. The van der Waals surface area contributed by atoms with Crippen molar-refractivity contribution in [2.75, 3.05) is 12.3 Å². The highest BCUT2D eigenvalue weighted by Crippen LogP contribution is 2.22. The molecule has 3 atom stereocenters. The minimum absolute atomic E-state index is 0.199. The van der Waals surface area contributed by atoms with Gasteiger partial charge in [0.25, 0.3) is 0 Å². The second-order valence-corrected chi connectivity index (χ2v) is 6.18. The van der Waals surface area contributed by atoms with Crippen LogP contribution in [0.3, 0.4) is 0 Å². The van der Waals surface area contributed by atoms with Crippen molar-refractivity contribution in [2.24, 2.45) is 0 Å². The maximum Gasteiger partial charge on any atom is 0.323 e. The van der Waals surface area contributed by atoms with Gasteiger partial charge < -0.3 is 15.5 Å². The van der Waals surface area contributed by atoms with E-state index in [9.17, 15) is 15.0 Å². The Balaban J connectivity index is 4.16.